The number of tetrazole rings is 1. The number of hydrogen-bond donors (Lipinski definition) is 0. The minimum absolute atomic E-state index is 0.214. The molecule has 1 heterocycles. The number of aromatic nitrogens is 4. The van der Waals surface area contributed by atoms with E-state index in [4.69, 9.17) is 34.8 Å². The van der Waals surface area contributed by atoms with Crippen molar-refractivity contribution in [1.29, 1.82) is 0 Å². The van der Waals surface area contributed by atoms with Crippen molar-refractivity contribution >= 4 is 34.8 Å². The van der Waals surface area contributed by atoms with E-state index in [1.165, 1.54) is 4.68 Å². The highest BCUT2D eigenvalue weighted by Crippen LogP contribution is 2.24. The maximum atomic E-state index is 6.01. The lowest BCUT2D eigenvalue weighted by atomic mass is 10.3. The van der Waals surface area contributed by atoms with Gasteiger partial charge in [0.05, 0.1) is 16.6 Å². The van der Waals surface area contributed by atoms with Crippen LogP contribution in [0.4, 0.5) is 0 Å². The van der Waals surface area contributed by atoms with Crippen LogP contribution in [0.3, 0.4) is 0 Å². The quantitative estimate of drug-likeness (QED) is 0.783. The first-order chi connectivity index (χ1) is 7.22. The van der Waals surface area contributed by atoms with Crippen LogP contribution in [0.15, 0.2) is 18.2 Å². The summed E-state index contributed by atoms with van der Waals surface area (Å²) in [4.78, 5) is 0. The zero-order valence-corrected chi connectivity index (χ0v) is 9.63. The van der Waals surface area contributed by atoms with Crippen LogP contribution in [0, 0.1) is 0 Å². The Hall–Kier alpha value is -0.840. The van der Waals surface area contributed by atoms with E-state index in [-0.39, 0.29) is 5.88 Å². The minimum atomic E-state index is 0.214. The van der Waals surface area contributed by atoms with Gasteiger partial charge in [0.15, 0.2) is 5.82 Å². The highest BCUT2D eigenvalue weighted by atomic mass is 35.5. The molecule has 0 amide bonds. The Bertz CT molecular complexity index is 482. The largest absolute Gasteiger partial charge is 0.195 e. The van der Waals surface area contributed by atoms with Gasteiger partial charge in [-0.2, -0.15) is 4.68 Å². The molecule has 0 saturated heterocycles. The van der Waals surface area contributed by atoms with Gasteiger partial charge >= 0.3 is 0 Å². The molecule has 0 bridgehead atoms. The van der Waals surface area contributed by atoms with E-state index in [1.807, 2.05) is 0 Å². The molecule has 0 saturated carbocycles. The number of nitrogens with zero attached hydrogens (tertiary/aromatic N) is 4. The van der Waals surface area contributed by atoms with Gasteiger partial charge in [-0.1, -0.05) is 23.2 Å². The molecule has 0 radical (unpaired) electrons. The zero-order valence-electron chi connectivity index (χ0n) is 7.36. The molecule has 0 atom stereocenters. The van der Waals surface area contributed by atoms with Crippen molar-refractivity contribution in [3.8, 4) is 5.69 Å². The molecule has 0 spiro atoms. The van der Waals surface area contributed by atoms with E-state index in [0.717, 1.165) is 0 Å². The number of rotatable bonds is 2. The molecule has 2 aromatic rings. The van der Waals surface area contributed by atoms with E-state index < -0.39 is 0 Å². The molecule has 0 N–H and O–H groups in total. The monoisotopic (exact) mass is 262 g/mol. The Labute approximate surface area is 101 Å². The molecule has 15 heavy (non-hydrogen) atoms. The lowest BCUT2D eigenvalue weighted by Gasteiger charge is -2.04. The molecule has 78 valence electrons. The third-order valence-electron chi connectivity index (χ3n) is 1.79. The summed E-state index contributed by atoms with van der Waals surface area (Å²) in [5, 5.41) is 12.1. The maximum absolute atomic E-state index is 6.01. The second-order valence-corrected chi connectivity index (χ2v) is 3.85. The Kier molecular flexibility index (Phi) is 3.09. The summed E-state index contributed by atoms with van der Waals surface area (Å²) in [6, 6.07) is 5.07. The van der Waals surface area contributed by atoms with E-state index in [9.17, 15) is 0 Å². The summed E-state index contributed by atoms with van der Waals surface area (Å²) in [7, 11) is 0. The highest BCUT2D eigenvalue weighted by molar-refractivity contribution is 6.35. The second kappa shape index (κ2) is 4.35. The van der Waals surface area contributed by atoms with Crippen molar-refractivity contribution in [2.75, 3.05) is 0 Å². The van der Waals surface area contributed by atoms with Gasteiger partial charge in [0.25, 0.3) is 0 Å². The Morgan fingerprint density at radius 2 is 2.07 bits per heavy atom. The van der Waals surface area contributed by atoms with Gasteiger partial charge in [0.2, 0.25) is 0 Å². The topological polar surface area (TPSA) is 43.6 Å². The van der Waals surface area contributed by atoms with Crippen LogP contribution in [0.25, 0.3) is 5.69 Å². The van der Waals surface area contributed by atoms with Crippen molar-refractivity contribution in [3.05, 3.63) is 34.1 Å². The molecule has 1 aromatic carbocycles. The van der Waals surface area contributed by atoms with E-state index in [2.05, 4.69) is 15.5 Å². The lowest BCUT2D eigenvalue weighted by molar-refractivity contribution is 0.777. The average Bonchev–Trinajstić information content (AvgIpc) is 2.65. The highest BCUT2D eigenvalue weighted by Gasteiger charge is 2.10. The summed E-state index contributed by atoms with van der Waals surface area (Å²) in [5.41, 5.74) is 0.654. The van der Waals surface area contributed by atoms with Crippen LogP contribution < -0.4 is 0 Å². The van der Waals surface area contributed by atoms with Gasteiger partial charge < -0.3 is 0 Å². The van der Waals surface area contributed by atoms with Gasteiger partial charge in [-0.25, -0.2) is 0 Å². The summed E-state index contributed by atoms with van der Waals surface area (Å²) >= 11 is 17.5. The molecule has 2 rings (SSSR count). The normalized spacial score (nSPS) is 10.6. The summed E-state index contributed by atoms with van der Waals surface area (Å²) in [6.07, 6.45) is 0. The van der Waals surface area contributed by atoms with Crippen LogP contribution in [-0.4, -0.2) is 20.2 Å². The standard InChI is InChI=1S/C8H5Cl3N4/c9-4-8-12-13-14-15(8)7-2-1-5(10)3-6(7)11/h1-3H,4H2. The summed E-state index contributed by atoms with van der Waals surface area (Å²) in [6.45, 7) is 0. The maximum Gasteiger partial charge on any atom is 0.171 e. The van der Waals surface area contributed by atoms with Crippen molar-refractivity contribution in [2.45, 2.75) is 5.88 Å². The molecule has 0 aliphatic heterocycles. The Morgan fingerprint density at radius 3 is 2.73 bits per heavy atom. The van der Waals surface area contributed by atoms with Gasteiger partial charge in [-0.15, -0.1) is 16.7 Å². The fraction of sp³-hybridized carbons (Fsp3) is 0.125. The zero-order chi connectivity index (χ0) is 10.8. The molecule has 7 heteroatoms. The number of alkyl halides is 1. The first kappa shape index (κ1) is 10.7. The predicted molar refractivity (Wildman–Crippen MR) is 58.7 cm³/mol. The van der Waals surface area contributed by atoms with Crippen molar-refractivity contribution in [3.63, 3.8) is 0 Å². The summed E-state index contributed by atoms with van der Waals surface area (Å²) in [5.74, 6) is 0.743. The van der Waals surface area contributed by atoms with Gasteiger partial charge in [0, 0.05) is 5.02 Å². The van der Waals surface area contributed by atoms with Gasteiger partial charge in [-0.05, 0) is 28.6 Å². The third-order valence-corrected chi connectivity index (χ3v) is 2.57. The fourth-order valence-electron chi connectivity index (χ4n) is 1.13. The molecule has 4 nitrogen and oxygen atoms in total. The molecular formula is C8H5Cl3N4. The minimum Gasteiger partial charge on any atom is -0.195 e. The summed E-state index contributed by atoms with van der Waals surface area (Å²) < 4.78 is 1.48. The SMILES string of the molecule is ClCc1nnnn1-c1ccc(Cl)cc1Cl. The van der Waals surface area contributed by atoms with Gasteiger partial charge in [-0.3, -0.25) is 0 Å². The van der Waals surface area contributed by atoms with E-state index in [1.54, 1.807) is 18.2 Å². The molecule has 0 aliphatic carbocycles. The number of halogens is 3. The van der Waals surface area contributed by atoms with Crippen LogP contribution >= 0.6 is 34.8 Å². The molecular weight excluding hydrogens is 258 g/mol. The molecule has 0 fully saturated rings. The smallest absolute Gasteiger partial charge is 0.171 e. The second-order valence-electron chi connectivity index (χ2n) is 2.74. The van der Waals surface area contributed by atoms with Crippen molar-refractivity contribution < 1.29 is 0 Å². The average molecular weight is 264 g/mol. The third kappa shape index (κ3) is 2.07. The number of hydrogen-bond acceptors (Lipinski definition) is 3. The van der Waals surface area contributed by atoms with Crippen molar-refractivity contribution in [2.24, 2.45) is 0 Å². The first-order valence-electron chi connectivity index (χ1n) is 4.01. The van der Waals surface area contributed by atoms with Crippen molar-refractivity contribution in [1.82, 2.24) is 20.2 Å². The molecule has 0 unspecified atom stereocenters. The van der Waals surface area contributed by atoms with E-state index in [0.29, 0.717) is 21.6 Å². The molecule has 1 aromatic heterocycles. The van der Waals surface area contributed by atoms with Crippen LogP contribution in [0.1, 0.15) is 5.82 Å². The van der Waals surface area contributed by atoms with Gasteiger partial charge in [0.1, 0.15) is 0 Å². The molecule has 0 aliphatic rings. The first-order valence-corrected chi connectivity index (χ1v) is 5.30. The fourth-order valence-corrected chi connectivity index (χ4v) is 1.78. The Balaban J connectivity index is 2.54. The van der Waals surface area contributed by atoms with Crippen LogP contribution in [0.5, 0.6) is 0 Å². The lowest BCUT2D eigenvalue weighted by Crippen LogP contribution is -2.02. The van der Waals surface area contributed by atoms with Crippen LogP contribution in [0.2, 0.25) is 10.0 Å². The number of benzene rings is 1. The van der Waals surface area contributed by atoms with E-state index >= 15 is 0 Å². The van der Waals surface area contributed by atoms with Crippen LogP contribution in [-0.2, 0) is 5.88 Å². The Morgan fingerprint density at radius 1 is 1.27 bits per heavy atom. The predicted octanol–water partition coefficient (Wildman–Crippen LogP) is 2.71.